The molecule has 0 fully saturated rings. The Labute approximate surface area is 117 Å². The highest BCUT2D eigenvalue weighted by Crippen LogP contribution is 2.32. The van der Waals surface area contributed by atoms with Gasteiger partial charge in [0.1, 0.15) is 12.4 Å². The van der Waals surface area contributed by atoms with Gasteiger partial charge < -0.3 is 9.84 Å². The highest BCUT2D eigenvalue weighted by atomic mass is 32.1. The number of ether oxygens (including phenoxy) is 1. The van der Waals surface area contributed by atoms with E-state index in [0.29, 0.717) is 36.1 Å². The van der Waals surface area contributed by atoms with E-state index in [9.17, 15) is 9.59 Å². The van der Waals surface area contributed by atoms with E-state index in [-0.39, 0.29) is 10.6 Å². The molecule has 1 aromatic carbocycles. The van der Waals surface area contributed by atoms with Crippen molar-refractivity contribution in [3.05, 3.63) is 34.8 Å². The first-order valence-corrected chi connectivity index (χ1v) is 6.55. The van der Waals surface area contributed by atoms with Crippen molar-refractivity contribution >= 4 is 29.1 Å². The largest absolute Gasteiger partial charge is 0.490 e. The molecule has 1 amide bonds. The van der Waals surface area contributed by atoms with Gasteiger partial charge in [0.15, 0.2) is 10.6 Å². The first kappa shape index (κ1) is 12.5. The minimum absolute atomic E-state index is 0.140. The summed E-state index contributed by atoms with van der Waals surface area (Å²) in [6.45, 7) is 0.690. The molecule has 1 aliphatic rings. The summed E-state index contributed by atoms with van der Waals surface area (Å²) in [5, 5.41) is 12.7. The molecule has 0 saturated carbocycles. The van der Waals surface area contributed by atoms with E-state index in [2.05, 4.69) is 9.59 Å². The first-order chi connectivity index (χ1) is 9.68. The molecule has 2 heterocycles. The number of para-hydroxylation sites is 2. The highest BCUT2D eigenvalue weighted by Gasteiger charge is 2.30. The van der Waals surface area contributed by atoms with E-state index in [1.54, 1.807) is 24.3 Å². The quantitative estimate of drug-likeness (QED) is 0.895. The molecule has 0 saturated heterocycles. The Morgan fingerprint density at radius 1 is 1.35 bits per heavy atom. The smallest absolute Gasteiger partial charge is 0.350 e. The summed E-state index contributed by atoms with van der Waals surface area (Å²) in [7, 11) is 0. The van der Waals surface area contributed by atoms with Crippen LogP contribution in [0.1, 0.15) is 20.2 Å². The Morgan fingerprint density at radius 2 is 2.15 bits per heavy atom. The molecule has 1 aromatic heterocycles. The van der Waals surface area contributed by atoms with Gasteiger partial charge in [0.2, 0.25) is 0 Å². The second-order valence-corrected chi connectivity index (χ2v) is 4.78. The molecule has 20 heavy (non-hydrogen) atoms. The SMILES string of the molecule is O=C(O)c1snnc1C(=O)N1CCOc2ccccc21. The number of carboxylic acid groups (broad SMARTS) is 1. The number of anilines is 1. The standard InChI is InChI=1S/C12H9N3O4S/c16-11(9-10(12(17)18)20-14-13-9)15-5-6-19-8-4-2-1-3-7(8)15/h1-4H,5-6H2,(H,17,18). The number of hydrogen-bond acceptors (Lipinski definition) is 6. The maximum Gasteiger partial charge on any atom is 0.350 e. The topological polar surface area (TPSA) is 92.6 Å². The van der Waals surface area contributed by atoms with Gasteiger partial charge >= 0.3 is 5.97 Å². The van der Waals surface area contributed by atoms with Gasteiger partial charge in [-0.1, -0.05) is 16.6 Å². The first-order valence-electron chi connectivity index (χ1n) is 5.78. The van der Waals surface area contributed by atoms with E-state index in [0.717, 1.165) is 0 Å². The van der Waals surface area contributed by atoms with Gasteiger partial charge in [0.05, 0.1) is 12.2 Å². The molecule has 0 unspecified atom stereocenters. The zero-order chi connectivity index (χ0) is 14.1. The van der Waals surface area contributed by atoms with Crippen molar-refractivity contribution in [3.8, 4) is 5.75 Å². The van der Waals surface area contributed by atoms with Crippen LogP contribution in [0.15, 0.2) is 24.3 Å². The van der Waals surface area contributed by atoms with E-state index >= 15 is 0 Å². The fourth-order valence-electron chi connectivity index (χ4n) is 1.98. The molecule has 102 valence electrons. The third kappa shape index (κ3) is 1.99. The van der Waals surface area contributed by atoms with Crippen LogP contribution in [0.3, 0.4) is 0 Å². The molecule has 7 nitrogen and oxygen atoms in total. The number of hydrogen-bond donors (Lipinski definition) is 1. The van der Waals surface area contributed by atoms with Crippen LogP contribution in [0.2, 0.25) is 0 Å². The second-order valence-electron chi connectivity index (χ2n) is 4.03. The monoisotopic (exact) mass is 291 g/mol. The van der Waals surface area contributed by atoms with E-state index < -0.39 is 11.9 Å². The van der Waals surface area contributed by atoms with Crippen LogP contribution in [0.5, 0.6) is 5.75 Å². The molecule has 2 aromatic rings. The van der Waals surface area contributed by atoms with Crippen molar-refractivity contribution in [1.29, 1.82) is 0 Å². The lowest BCUT2D eigenvalue weighted by atomic mass is 10.2. The molecule has 1 aliphatic heterocycles. The minimum Gasteiger partial charge on any atom is -0.490 e. The summed E-state index contributed by atoms with van der Waals surface area (Å²) in [5.41, 5.74) is 0.465. The van der Waals surface area contributed by atoms with Gasteiger partial charge in [-0.15, -0.1) is 5.10 Å². The zero-order valence-corrected chi connectivity index (χ0v) is 11.0. The molecule has 0 bridgehead atoms. The van der Waals surface area contributed by atoms with Crippen molar-refractivity contribution in [2.24, 2.45) is 0 Å². The van der Waals surface area contributed by atoms with Crippen LogP contribution in [0, 0.1) is 0 Å². The summed E-state index contributed by atoms with van der Waals surface area (Å²) >= 11 is 0.692. The lowest BCUT2D eigenvalue weighted by Crippen LogP contribution is -2.38. The lowest BCUT2D eigenvalue weighted by Gasteiger charge is -2.28. The average Bonchev–Trinajstić information content (AvgIpc) is 2.95. The Kier molecular flexibility index (Phi) is 3.07. The van der Waals surface area contributed by atoms with Gasteiger partial charge in [-0.3, -0.25) is 9.69 Å². The van der Waals surface area contributed by atoms with Crippen LogP contribution in [0.25, 0.3) is 0 Å². The molecule has 0 radical (unpaired) electrons. The maximum atomic E-state index is 12.5. The van der Waals surface area contributed by atoms with Crippen LogP contribution in [-0.2, 0) is 0 Å². The Balaban J connectivity index is 2.00. The molecule has 0 spiro atoms. The van der Waals surface area contributed by atoms with Gasteiger partial charge in [-0.25, -0.2) is 4.79 Å². The number of rotatable bonds is 2. The number of aromatic carboxylic acids is 1. The summed E-state index contributed by atoms with van der Waals surface area (Å²) in [6, 6.07) is 7.09. The van der Waals surface area contributed by atoms with Crippen LogP contribution in [-0.4, -0.2) is 39.7 Å². The van der Waals surface area contributed by atoms with Gasteiger partial charge in [-0.2, -0.15) is 0 Å². The van der Waals surface area contributed by atoms with Crippen molar-refractivity contribution < 1.29 is 19.4 Å². The molecule has 1 N–H and O–H groups in total. The third-order valence-electron chi connectivity index (χ3n) is 2.86. The van der Waals surface area contributed by atoms with Gasteiger partial charge in [-0.05, 0) is 23.7 Å². The van der Waals surface area contributed by atoms with Gasteiger partial charge in [0, 0.05) is 0 Å². The molecular formula is C12H9N3O4S. The maximum absolute atomic E-state index is 12.5. The minimum atomic E-state index is -1.20. The molecule has 0 aliphatic carbocycles. The number of amides is 1. The number of carboxylic acids is 1. The fraction of sp³-hybridized carbons (Fsp3) is 0.167. The second kappa shape index (κ2) is 4.89. The normalized spacial score (nSPS) is 13.5. The van der Waals surface area contributed by atoms with Crippen LogP contribution < -0.4 is 9.64 Å². The van der Waals surface area contributed by atoms with Crippen molar-refractivity contribution in [2.45, 2.75) is 0 Å². The Hall–Kier alpha value is -2.48. The molecule has 8 heteroatoms. The van der Waals surface area contributed by atoms with Gasteiger partial charge in [0.25, 0.3) is 5.91 Å². The summed E-state index contributed by atoms with van der Waals surface area (Å²) in [4.78, 5) is 24.8. The number of benzene rings is 1. The van der Waals surface area contributed by atoms with Crippen molar-refractivity contribution in [2.75, 3.05) is 18.1 Å². The molecule has 0 atom stereocenters. The number of nitrogens with zero attached hydrogens (tertiary/aromatic N) is 3. The molecular weight excluding hydrogens is 282 g/mol. The third-order valence-corrected chi connectivity index (χ3v) is 3.57. The van der Waals surface area contributed by atoms with E-state index in [1.165, 1.54) is 4.90 Å². The predicted octanol–water partition coefficient (Wildman–Crippen LogP) is 1.28. The van der Waals surface area contributed by atoms with Crippen molar-refractivity contribution in [1.82, 2.24) is 9.59 Å². The Bertz CT molecular complexity index is 685. The number of carbonyl (C=O) groups excluding carboxylic acids is 1. The number of aromatic nitrogens is 2. The predicted molar refractivity (Wildman–Crippen MR) is 70.5 cm³/mol. The van der Waals surface area contributed by atoms with E-state index in [1.807, 2.05) is 0 Å². The summed E-state index contributed by atoms with van der Waals surface area (Å²) in [5.74, 6) is -1.09. The summed E-state index contributed by atoms with van der Waals surface area (Å²) < 4.78 is 9.00. The Morgan fingerprint density at radius 3 is 2.95 bits per heavy atom. The molecule has 3 rings (SSSR count). The number of carbonyl (C=O) groups is 2. The van der Waals surface area contributed by atoms with E-state index in [4.69, 9.17) is 9.84 Å². The summed E-state index contributed by atoms with van der Waals surface area (Å²) in [6.07, 6.45) is 0. The fourth-order valence-corrected chi connectivity index (χ4v) is 2.48. The number of fused-ring (bicyclic) bond motifs is 1. The lowest BCUT2D eigenvalue weighted by molar-refractivity contribution is 0.0696. The van der Waals surface area contributed by atoms with Crippen LogP contribution >= 0.6 is 11.5 Å². The van der Waals surface area contributed by atoms with Crippen molar-refractivity contribution in [3.63, 3.8) is 0 Å². The van der Waals surface area contributed by atoms with Crippen LogP contribution in [0.4, 0.5) is 5.69 Å². The average molecular weight is 291 g/mol. The highest BCUT2D eigenvalue weighted by molar-refractivity contribution is 7.08. The zero-order valence-electron chi connectivity index (χ0n) is 10.1.